The Balaban J connectivity index is 1.99. The van der Waals surface area contributed by atoms with Gasteiger partial charge in [0.25, 0.3) is 0 Å². The average molecular weight is 182 g/mol. The normalized spacial score (nSPS) is 45.9. The van der Waals surface area contributed by atoms with Gasteiger partial charge in [0, 0.05) is 0 Å². The summed E-state index contributed by atoms with van der Waals surface area (Å²) in [5, 5.41) is 19.1. The van der Waals surface area contributed by atoms with E-state index in [0.717, 1.165) is 17.6 Å². The van der Waals surface area contributed by atoms with Gasteiger partial charge in [-0.25, -0.2) is 0 Å². The second-order valence-electron chi connectivity index (χ2n) is 4.58. The zero-order chi connectivity index (χ0) is 9.22. The molecule has 1 aliphatic heterocycles. The Morgan fingerprint density at radius 3 is 2.54 bits per heavy atom. The van der Waals surface area contributed by atoms with Crippen molar-refractivity contribution in [3.63, 3.8) is 0 Å². The van der Waals surface area contributed by atoms with E-state index in [1.54, 1.807) is 0 Å². The molecule has 0 radical (unpaired) electrons. The summed E-state index contributed by atoms with van der Waals surface area (Å²) in [7, 11) is 0. The van der Waals surface area contributed by atoms with Crippen LogP contribution in [0.4, 0.5) is 0 Å². The number of hydrogen-bond donors (Lipinski definition) is 2. The minimum Gasteiger partial charge on any atom is -0.364 e. The number of aliphatic hydroxyl groups is 2. The first-order valence-electron chi connectivity index (χ1n) is 4.88. The molecule has 1 heterocycles. The average Bonchev–Trinajstić information content (AvgIpc) is 2.70. The molecule has 3 nitrogen and oxygen atoms in total. The zero-order valence-corrected chi connectivity index (χ0v) is 7.66. The predicted octanol–water partition coefficient (Wildman–Crippen LogP) is 0.770. The van der Waals surface area contributed by atoms with Gasteiger partial charge >= 0.3 is 0 Å². The number of aliphatic hydroxyl groups excluding tert-OH is 2. The van der Waals surface area contributed by atoms with Crippen LogP contribution in [0, 0.1) is 11.3 Å². The van der Waals surface area contributed by atoms with Gasteiger partial charge in [0.2, 0.25) is 0 Å². The lowest BCUT2D eigenvalue weighted by molar-refractivity contribution is -0.160. The third-order valence-electron chi connectivity index (χ3n) is 4.01. The van der Waals surface area contributed by atoms with E-state index in [2.05, 4.69) is 6.92 Å². The summed E-state index contributed by atoms with van der Waals surface area (Å²) >= 11 is 0. The van der Waals surface area contributed by atoms with Crippen LogP contribution in [0.2, 0.25) is 0 Å². The quantitative estimate of drug-likeness (QED) is 0.544. The largest absolute Gasteiger partial charge is 0.364 e. The van der Waals surface area contributed by atoms with Crippen LogP contribution < -0.4 is 0 Å². The molecule has 3 atom stereocenters. The van der Waals surface area contributed by atoms with Gasteiger partial charge < -0.3 is 14.9 Å². The van der Waals surface area contributed by atoms with Crippen molar-refractivity contribution < 1.29 is 14.9 Å². The van der Waals surface area contributed by atoms with Crippen molar-refractivity contribution in [3.8, 4) is 0 Å². The van der Waals surface area contributed by atoms with E-state index in [4.69, 9.17) is 4.74 Å². The van der Waals surface area contributed by atoms with E-state index in [-0.39, 0.29) is 0 Å². The second-order valence-corrected chi connectivity index (χ2v) is 4.58. The molecule has 3 unspecified atom stereocenters. The molecule has 0 bridgehead atoms. The van der Waals surface area contributed by atoms with Crippen molar-refractivity contribution in [2.24, 2.45) is 11.3 Å². The fourth-order valence-corrected chi connectivity index (χ4v) is 2.89. The standard InChI is InChI=1S/C10H14O3/c1-5-7-6(4-10(5)2-3-10)8(11)13-9(7)12/h5,8-9,11-12H,2-4H2,1H3. The molecule has 2 N–H and O–H groups in total. The molecule has 0 aromatic carbocycles. The van der Waals surface area contributed by atoms with Gasteiger partial charge in [0.15, 0.2) is 12.6 Å². The summed E-state index contributed by atoms with van der Waals surface area (Å²) in [5.41, 5.74) is 2.30. The van der Waals surface area contributed by atoms with Crippen LogP contribution in [0.15, 0.2) is 11.1 Å². The van der Waals surface area contributed by atoms with Crippen LogP contribution in [0.25, 0.3) is 0 Å². The van der Waals surface area contributed by atoms with Gasteiger partial charge in [0.1, 0.15) is 0 Å². The summed E-state index contributed by atoms with van der Waals surface area (Å²) in [5.74, 6) is 0.398. The Morgan fingerprint density at radius 1 is 1.31 bits per heavy atom. The topological polar surface area (TPSA) is 49.7 Å². The highest BCUT2D eigenvalue weighted by molar-refractivity contribution is 5.36. The van der Waals surface area contributed by atoms with Crippen molar-refractivity contribution in [1.29, 1.82) is 0 Å². The van der Waals surface area contributed by atoms with Crippen LogP contribution in [0.5, 0.6) is 0 Å². The lowest BCUT2D eigenvalue weighted by Crippen LogP contribution is -2.22. The minimum atomic E-state index is -0.847. The first-order chi connectivity index (χ1) is 6.14. The van der Waals surface area contributed by atoms with Crippen molar-refractivity contribution in [2.75, 3.05) is 0 Å². The molecule has 0 amide bonds. The van der Waals surface area contributed by atoms with E-state index in [1.807, 2.05) is 0 Å². The highest BCUT2D eigenvalue weighted by Crippen LogP contribution is 2.65. The molecule has 13 heavy (non-hydrogen) atoms. The lowest BCUT2D eigenvalue weighted by Gasteiger charge is -2.20. The van der Waals surface area contributed by atoms with Gasteiger partial charge in [-0.1, -0.05) is 6.92 Å². The molecule has 72 valence electrons. The summed E-state index contributed by atoms with van der Waals surface area (Å²) in [6, 6.07) is 0. The SMILES string of the molecule is CC1C2=C(CC13CC3)C(O)OC2O. The lowest BCUT2D eigenvalue weighted by atomic mass is 9.90. The first-order valence-corrected chi connectivity index (χ1v) is 4.88. The van der Waals surface area contributed by atoms with Crippen LogP contribution >= 0.6 is 0 Å². The minimum absolute atomic E-state index is 0.385. The van der Waals surface area contributed by atoms with E-state index in [0.29, 0.717) is 11.3 Å². The second kappa shape index (κ2) is 2.16. The molecular weight excluding hydrogens is 168 g/mol. The predicted molar refractivity (Wildman–Crippen MR) is 45.6 cm³/mol. The van der Waals surface area contributed by atoms with Crippen molar-refractivity contribution >= 4 is 0 Å². The fourth-order valence-electron chi connectivity index (χ4n) is 2.89. The highest BCUT2D eigenvalue weighted by atomic mass is 16.7. The molecule has 0 aromatic rings. The summed E-state index contributed by atoms with van der Waals surface area (Å²) in [6.45, 7) is 2.14. The van der Waals surface area contributed by atoms with Gasteiger partial charge in [-0.15, -0.1) is 0 Å². The van der Waals surface area contributed by atoms with Crippen LogP contribution in [-0.4, -0.2) is 22.8 Å². The molecule has 2 aliphatic carbocycles. The Morgan fingerprint density at radius 2 is 2.00 bits per heavy atom. The van der Waals surface area contributed by atoms with Crippen LogP contribution in [0.1, 0.15) is 26.2 Å². The van der Waals surface area contributed by atoms with E-state index < -0.39 is 12.6 Å². The highest BCUT2D eigenvalue weighted by Gasteiger charge is 2.57. The maximum absolute atomic E-state index is 9.56. The number of hydrogen-bond acceptors (Lipinski definition) is 3. The molecule has 0 saturated heterocycles. The van der Waals surface area contributed by atoms with Gasteiger partial charge in [0.05, 0.1) is 0 Å². The zero-order valence-electron chi connectivity index (χ0n) is 7.66. The fraction of sp³-hybridized carbons (Fsp3) is 0.800. The third-order valence-corrected chi connectivity index (χ3v) is 4.01. The maximum atomic E-state index is 9.56. The molecule has 3 aliphatic rings. The molecule has 1 fully saturated rings. The summed E-state index contributed by atoms with van der Waals surface area (Å²) in [4.78, 5) is 0. The molecule has 1 saturated carbocycles. The smallest absolute Gasteiger partial charge is 0.181 e. The summed E-state index contributed by atoms with van der Waals surface area (Å²) in [6.07, 6.45) is 1.72. The monoisotopic (exact) mass is 182 g/mol. The number of ether oxygens (including phenoxy) is 1. The molecule has 3 rings (SSSR count). The van der Waals surface area contributed by atoms with E-state index in [1.165, 1.54) is 12.8 Å². The van der Waals surface area contributed by atoms with Gasteiger partial charge in [-0.05, 0) is 41.7 Å². The van der Waals surface area contributed by atoms with E-state index >= 15 is 0 Å². The third kappa shape index (κ3) is 0.848. The maximum Gasteiger partial charge on any atom is 0.181 e. The molecular formula is C10H14O3. The van der Waals surface area contributed by atoms with Gasteiger partial charge in [-0.3, -0.25) is 0 Å². The molecule has 1 spiro atoms. The molecule has 3 heteroatoms. The van der Waals surface area contributed by atoms with E-state index in [9.17, 15) is 10.2 Å². The number of rotatable bonds is 0. The van der Waals surface area contributed by atoms with Gasteiger partial charge in [-0.2, -0.15) is 0 Å². The van der Waals surface area contributed by atoms with Crippen molar-refractivity contribution in [1.82, 2.24) is 0 Å². The Hall–Kier alpha value is -0.380. The Labute approximate surface area is 77.0 Å². The van der Waals surface area contributed by atoms with Crippen molar-refractivity contribution in [2.45, 2.75) is 38.8 Å². The molecule has 0 aromatic heterocycles. The van der Waals surface area contributed by atoms with Crippen LogP contribution in [-0.2, 0) is 4.74 Å². The van der Waals surface area contributed by atoms with Crippen LogP contribution in [0.3, 0.4) is 0 Å². The summed E-state index contributed by atoms with van der Waals surface area (Å²) < 4.78 is 4.96. The Kier molecular flexibility index (Phi) is 1.33. The first kappa shape index (κ1) is 7.97. The van der Waals surface area contributed by atoms with Crippen molar-refractivity contribution in [3.05, 3.63) is 11.1 Å². The Bertz CT molecular complexity index is 291.